The van der Waals surface area contributed by atoms with E-state index in [1.54, 1.807) is 30.4 Å². The lowest BCUT2D eigenvalue weighted by molar-refractivity contribution is 0.415. The van der Waals surface area contributed by atoms with E-state index in [2.05, 4.69) is 4.72 Å². The second kappa shape index (κ2) is 6.18. The van der Waals surface area contributed by atoms with Crippen molar-refractivity contribution in [2.24, 2.45) is 0 Å². The second-order valence-corrected chi connectivity index (χ2v) is 7.18. The average Bonchev–Trinajstić information content (AvgIpc) is 2.54. The summed E-state index contributed by atoms with van der Waals surface area (Å²) in [5.74, 6) is 0.468. The Kier molecular flexibility index (Phi) is 4.21. The lowest BCUT2D eigenvalue weighted by Gasteiger charge is -2.35. The Hall–Kier alpha value is -2.51. The van der Waals surface area contributed by atoms with Crippen molar-refractivity contribution in [3.05, 3.63) is 58.8 Å². The maximum absolute atomic E-state index is 12.6. The molecule has 0 fully saturated rings. The van der Waals surface area contributed by atoms with Crippen LogP contribution < -0.4 is 14.5 Å². The highest BCUT2D eigenvalue weighted by Crippen LogP contribution is 2.38. The number of aryl methyl sites for hydroxylation is 1. The summed E-state index contributed by atoms with van der Waals surface area (Å²) in [5, 5.41) is 12.9. The summed E-state index contributed by atoms with van der Waals surface area (Å²) < 4.78 is 32.9. The minimum absolute atomic E-state index is 0.133. The van der Waals surface area contributed by atoms with E-state index in [0.717, 1.165) is 10.6 Å². The molecule has 0 aromatic heterocycles. The Morgan fingerprint density at radius 1 is 1.21 bits per heavy atom. The molecule has 3 rings (SSSR count). The van der Waals surface area contributed by atoms with Crippen LogP contribution in [0.25, 0.3) is 6.08 Å². The normalized spacial score (nSPS) is 13.5. The standard InChI is InChI=1S/C17H17N2O4S/c1-12-5-7-15(8-6-12)24(21,22)18-16-11-14(23-2)10-13-4-3-9-19(20)17(13)16/h3-8,10-11,18H,9H2,1-2H3/q-1. The maximum atomic E-state index is 12.6. The number of hydrogen-bond acceptors (Lipinski definition) is 5. The Labute approximate surface area is 141 Å². The van der Waals surface area contributed by atoms with Crippen molar-refractivity contribution < 1.29 is 13.2 Å². The zero-order valence-corrected chi connectivity index (χ0v) is 14.1. The number of hydrogen-bond donors (Lipinski definition) is 1. The van der Waals surface area contributed by atoms with E-state index >= 15 is 0 Å². The molecule has 0 spiro atoms. The zero-order valence-electron chi connectivity index (χ0n) is 13.3. The second-order valence-electron chi connectivity index (χ2n) is 5.49. The SMILES string of the molecule is COc1cc2c(c(NS(=O)(=O)c3ccc(C)cc3)c1)N([O-])CC=C2. The first-order valence-electron chi connectivity index (χ1n) is 7.33. The molecule has 126 valence electrons. The Morgan fingerprint density at radius 3 is 2.58 bits per heavy atom. The Morgan fingerprint density at radius 2 is 1.92 bits per heavy atom. The molecule has 1 aliphatic rings. The van der Waals surface area contributed by atoms with Crippen molar-refractivity contribution in [3.8, 4) is 5.75 Å². The Bertz CT molecular complexity index is 890. The van der Waals surface area contributed by atoms with Gasteiger partial charge in [-0.2, -0.15) is 0 Å². The summed E-state index contributed by atoms with van der Waals surface area (Å²) in [4.78, 5) is 0.133. The third-order valence-electron chi connectivity index (χ3n) is 3.74. The first-order valence-corrected chi connectivity index (χ1v) is 8.82. The molecule has 0 amide bonds. The molecule has 0 saturated heterocycles. The highest BCUT2D eigenvalue weighted by Gasteiger charge is 2.20. The van der Waals surface area contributed by atoms with Gasteiger partial charge in [-0.25, -0.2) is 8.42 Å². The first kappa shape index (κ1) is 16.4. The van der Waals surface area contributed by atoms with Gasteiger partial charge >= 0.3 is 0 Å². The number of rotatable bonds is 4. The molecule has 1 heterocycles. The van der Waals surface area contributed by atoms with Gasteiger partial charge < -0.3 is 15.0 Å². The minimum Gasteiger partial charge on any atom is -0.758 e. The fourth-order valence-corrected chi connectivity index (χ4v) is 3.58. The van der Waals surface area contributed by atoms with Gasteiger partial charge in [0.15, 0.2) is 0 Å². The van der Waals surface area contributed by atoms with Crippen LogP contribution in [0.2, 0.25) is 0 Å². The van der Waals surface area contributed by atoms with Gasteiger partial charge in [0.05, 0.1) is 23.4 Å². The average molecular weight is 345 g/mol. The van der Waals surface area contributed by atoms with E-state index in [4.69, 9.17) is 4.74 Å². The number of hydroxylamine groups is 1. The van der Waals surface area contributed by atoms with Gasteiger partial charge in [0, 0.05) is 18.2 Å². The largest absolute Gasteiger partial charge is 0.758 e. The van der Waals surface area contributed by atoms with Crippen LogP contribution in [0, 0.1) is 12.1 Å². The molecular weight excluding hydrogens is 328 g/mol. The molecule has 6 nitrogen and oxygen atoms in total. The summed E-state index contributed by atoms with van der Waals surface area (Å²) in [5.41, 5.74) is 2.05. The topological polar surface area (TPSA) is 81.7 Å². The van der Waals surface area contributed by atoms with Gasteiger partial charge in [0.1, 0.15) is 5.75 Å². The molecule has 2 aromatic carbocycles. The van der Waals surface area contributed by atoms with Gasteiger partial charge in [-0.05, 0) is 25.1 Å². The number of nitrogens with zero attached hydrogens (tertiary/aromatic N) is 1. The smallest absolute Gasteiger partial charge is 0.261 e. The van der Waals surface area contributed by atoms with Gasteiger partial charge in [-0.3, -0.25) is 4.72 Å². The van der Waals surface area contributed by atoms with Crippen LogP contribution in [0.5, 0.6) is 5.75 Å². The molecule has 0 atom stereocenters. The molecule has 0 unspecified atom stereocenters. The van der Waals surface area contributed by atoms with Crippen LogP contribution in [-0.2, 0) is 10.0 Å². The predicted molar refractivity (Wildman–Crippen MR) is 94.7 cm³/mol. The molecule has 2 aromatic rings. The van der Waals surface area contributed by atoms with E-state index in [0.29, 0.717) is 11.3 Å². The van der Waals surface area contributed by atoms with Crippen LogP contribution in [0.4, 0.5) is 11.4 Å². The van der Waals surface area contributed by atoms with Crippen molar-refractivity contribution in [1.82, 2.24) is 0 Å². The van der Waals surface area contributed by atoms with Gasteiger partial charge in [-0.15, -0.1) is 0 Å². The Balaban J connectivity index is 2.06. The molecule has 0 aliphatic carbocycles. The molecule has 0 radical (unpaired) electrons. The molecule has 7 heteroatoms. The molecule has 1 N–H and O–H groups in total. The van der Waals surface area contributed by atoms with Crippen LogP contribution in [0.1, 0.15) is 11.1 Å². The molecular formula is C17H17N2O4S-. The van der Waals surface area contributed by atoms with Crippen LogP contribution in [-0.4, -0.2) is 22.1 Å². The van der Waals surface area contributed by atoms with Crippen molar-refractivity contribution in [2.75, 3.05) is 23.4 Å². The summed E-state index contributed by atoms with van der Waals surface area (Å²) >= 11 is 0. The molecule has 0 bridgehead atoms. The predicted octanol–water partition coefficient (Wildman–Crippen LogP) is 3.14. The third-order valence-corrected chi connectivity index (χ3v) is 5.12. The lowest BCUT2D eigenvalue weighted by atomic mass is 10.1. The highest BCUT2D eigenvalue weighted by atomic mass is 32.2. The lowest BCUT2D eigenvalue weighted by Crippen LogP contribution is -2.22. The number of sulfonamides is 1. The number of methoxy groups -OCH3 is 1. The van der Waals surface area contributed by atoms with E-state index in [-0.39, 0.29) is 22.8 Å². The van der Waals surface area contributed by atoms with Crippen molar-refractivity contribution in [1.29, 1.82) is 0 Å². The van der Waals surface area contributed by atoms with Crippen LogP contribution in [0.3, 0.4) is 0 Å². The van der Waals surface area contributed by atoms with E-state index in [1.807, 2.05) is 6.92 Å². The van der Waals surface area contributed by atoms with Crippen molar-refractivity contribution in [2.45, 2.75) is 11.8 Å². The maximum Gasteiger partial charge on any atom is 0.261 e. The molecule has 0 saturated carbocycles. The van der Waals surface area contributed by atoms with Crippen LogP contribution >= 0.6 is 0 Å². The minimum atomic E-state index is -3.81. The van der Waals surface area contributed by atoms with Crippen LogP contribution in [0.15, 0.2) is 47.4 Å². The van der Waals surface area contributed by atoms with Gasteiger partial charge in [-0.1, -0.05) is 29.8 Å². The zero-order chi connectivity index (χ0) is 17.3. The fraction of sp³-hybridized carbons (Fsp3) is 0.176. The van der Waals surface area contributed by atoms with Crippen molar-refractivity contribution >= 4 is 27.5 Å². The summed E-state index contributed by atoms with van der Waals surface area (Å²) in [6, 6.07) is 9.70. The fourth-order valence-electron chi connectivity index (χ4n) is 2.52. The number of anilines is 2. The first-order chi connectivity index (χ1) is 11.4. The van der Waals surface area contributed by atoms with Gasteiger partial charge in [0.25, 0.3) is 10.0 Å². The van der Waals surface area contributed by atoms with Gasteiger partial charge in [0.2, 0.25) is 0 Å². The van der Waals surface area contributed by atoms with Crippen molar-refractivity contribution in [3.63, 3.8) is 0 Å². The summed E-state index contributed by atoms with van der Waals surface area (Å²) in [6.45, 7) is 2.04. The monoisotopic (exact) mass is 345 g/mol. The highest BCUT2D eigenvalue weighted by molar-refractivity contribution is 7.92. The number of ether oxygens (including phenoxy) is 1. The number of benzene rings is 2. The van der Waals surface area contributed by atoms with E-state index < -0.39 is 10.0 Å². The molecule has 1 aliphatic heterocycles. The number of nitrogens with one attached hydrogen (secondary N) is 1. The summed E-state index contributed by atoms with van der Waals surface area (Å²) in [7, 11) is -2.32. The summed E-state index contributed by atoms with van der Waals surface area (Å²) in [6.07, 6.45) is 3.49. The van der Waals surface area contributed by atoms with E-state index in [9.17, 15) is 13.6 Å². The number of fused-ring (bicyclic) bond motifs is 1. The third kappa shape index (κ3) is 3.08. The van der Waals surface area contributed by atoms with E-state index in [1.165, 1.54) is 25.3 Å². The quantitative estimate of drug-likeness (QED) is 0.920. The molecule has 24 heavy (non-hydrogen) atoms.